The van der Waals surface area contributed by atoms with E-state index >= 15 is 0 Å². The second-order valence-electron chi connectivity index (χ2n) is 1.75. The van der Waals surface area contributed by atoms with Gasteiger partial charge in [-0.25, -0.2) is 4.79 Å². The van der Waals surface area contributed by atoms with Gasteiger partial charge in [0.2, 0.25) is 0 Å². The van der Waals surface area contributed by atoms with Crippen LogP contribution in [0.2, 0.25) is 0 Å². The third-order valence-corrected chi connectivity index (χ3v) is 1.00. The fraction of sp³-hybridized carbons (Fsp3) is 0. The van der Waals surface area contributed by atoms with Crippen LogP contribution in [0.5, 0.6) is 0 Å². The molecule has 0 fully saturated rings. The maximum absolute atomic E-state index is 10.3. The van der Waals surface area contributed by atoms with E-state index in [1.165, 1.54) is 6.20 Å². The highest BCUT2D eigenvalue weighted by atomic mass is 16.4. The molecule has 0 radical (unpaired) electrons. The number of aromatic carboxylic acids is 1. The van der Waals surface area contributed by atoms with Crippen molar-refractivity contribution in [3.63, 3.8) is 0 Å². The second-order valence-corrected chi connectivity index (χ2v) is 1.75. The van der Waals surface area contributed by atoms with Crippen LogP contribution in [0, 0.1) is 11.3 Å². The number of nitriles is 1. The fourth-order valence-corrected chi connectivity index (χ4v) is 0.532. The van der Waals surface area contributed by atoms with E-state index in [2.05, 4.69) is 10.2 Å². The Hall–Kier alpha value is -1.96. The number of carboxylic acids is 1. The molecule has 0 aliphatic carbocycles. The summed E-state index contributed by atoms with van der Waals surface area (Å²) in [6, 6.07) is 2.92. The molecule has 0 aliphatic rings. The maximum Gasteiger partial charge on any atom is 0.356 e. The molecule has 0 aromatic carbocycles. The minimum absolute atomic E-state index is 0.192. The van der Waals surface area contributed by atoms with Crippen LogP contribution >= 0.6 is 0 Å². The first-order chi connectivity index (χ1) is 5.24. The van der Waals surface area contributed by atoms with Crippen LogP contribution in [-0.4, -0.2) is 21.3 Å². The maximum atomic E-state index is 10.3. The smallest absolute Gasteiger partial charge is 0.356 e. The highest BCUT2D eigenvalue weighted by Crippen LogP contribution is 1.96. The summed E-state index contributed by atoms with van der Waals surface area (Å²) in [5.41, 5.74) is -0.0264. The van der Waals surface area contributed by atoms with Crippen molar-refractivity contribution in [1.29, 1.82) is 5.26 Å². The molecule has 0 atom stereocenters. The lowest BCUT2D eigenvalue weighted by molar-refractivity contribution is 0.0689. The van der Waals surface area contributed by atoms with Crippen molar-refractivity contribution in [1.82, 2.24) is 10.2 Å². The molecule has 1 aromatic heterocycles. The van der Waals surface area contributed by atoms with E-state index in [1.54, 1.807) is 6.07 Å². The molecule has 1 heterocycles. The third-order valence-electron chi connectivity index (χ3n) is 1.00. The molecule has 0 saturated carbocycles. The Morgan fingerprint density at radius 2 is 2.45 bits per heavy atom. The van der Waals surface area contributed by atoms with Crippen molar-refractivity contribution < 1.29 is 9.90 Å². The summed E-state index contributed by atoms with van der Waals surface area (Å²) in [6.45, 7) is 0. The zero-order valence-corrected chi connectivity index (χ0v) is 5.35. The number of nitrogens with zero attached hydrogens (tertiary/aromatic N) is 3. The summed E-state index contributed by atoms with van der Waals surface area (Å²) in [5.74, 6) is -1.19. The van der Waals surface area contributed by atoms with E-state index in [-0.39, 0.29) is 11.3 Å². The van der Waals surface area contributed by atoms with Crippen LogP contribution in [-0.2, 0) is 0 Å². The normalized spacial score (nSPS) is 8.64. The Morgan fingerprint density at radius 1 is 1.73 bits per heavy atom. The van der Waals surface area contributed by atoms with Gasteiger partial charge >= 0.3 is 5.97 Å². The van der Waals surface area contributed by atoms with Crippen molar-refractivity contribution >= 4 is 5.97 Å². The number of aromatic nitrogens is 2. The van der Waals surface area contributed by atoms with E-state index in [0.717, 1.165) is 6.07 Å². The van der Waals surface area contributed by atoms with Crippen LogP contribution in [0.25, 0.3) is 0 Å². The SMILES string of the molecule is N#Cc1cnnc(C(=O)O)c1. The first-order valence-electron chi connectivity index (χ1n) is 2.70. The Morgan fingerprint density at radius 3 is 3.00 bits per heavy atom. The van der Waals surface area contributed by atoms with E-state index in [0.29, 0.717) is 0 Å². The summed E-state index contributed by atoms with van der Waals surface area (Å²) >= 11 is 0. The lowest BCUT2D eigenvalue weighted by Crippen LogP contribution is -2.01. The van der Waals surface area contributed by atoms with Crippen LogP contribution in [0.15, 0.2) is 12.3 Å². The Balaban J connectivity index is 3.13. The number of hydrogen-bond donors (Lipinski definition) is 1. The first kappa shape index (κ1) is 7.15. The molecule has 0 spiro atoms. The molecule has 11 heavy (non-hydrogen) atoms. The molecule has 5 nitrogen and oxygen atoms in total. The lowest BCUT2D eigenvalue weighted by Gasteiger charge is -1.89. The third kappa shape index (κ3) is 1.49. The predicted molar refractivity (Wildman–Crippen MR) is 33.7 cm³/mol. The van der Waals surface area contributed by atoms with E-state index in [4.69, 9.17) is 10.4 Å². The largest absolute Gasteiger partial charge is 0.476 e. The number of hydrogen-bond acceptors (Lipinski definition) is 4. The fourth-order valence-electron chi connectivity index (χ4n) is 0.532. The molecule has 1 N–H and O–H groups in total. The van der Waals surface area contributed by atoms with Crippen molar-refractivity contribution in [3.8, 4) is 6.07 Å². The minimum atomic E-state index is -1.19. The Labute approximate surface area is 61.9 Å². The summed E-state index contributed by atoms with van der Waals surface area (Å²) in [7, 11) is 0. The van der Waals surface area contributed by atoms with Crippen LogP contribution in [0.1, 0.15) is 16.1 Å². The summed E-state index contributed by atoms with van der Waals surface area (Å²) in [4.78, 5) is 10.3. The molecule has 0 aliphatic heterocycles. The molecule has 0 amide bonds. The van der Waals surface area contributed by atoms with Crippen molar-refractivity contribution in [2.45, 2.75) is 0 Å². The van der Waals surface area contributed by atoms with Gasteiger partial charge in [0.25, 0.3) is 0 Å². The molecular weight excluding hydrogens is 146 g/mol. The Kier molecular flexibility index (Phi) is 1.79. The van der Waals surface area contributed by atoms with Crippen LogP contribution in [0.4, 0.5) is 0 Å². The summed E-state index contributed by atoms with van der Waals surface area (Å²) < 4.78 is 0. The van der Waals surface area contributed by atoms with Gasteiger partial charge in [-0.05, 0) is 6.07 Å². The second kappa shape index (κ2) is 2.75. The molecule has 0 bridgehead atoms. The van der Waals surface area contributed by atoms with Gasteiger partial charge in [0.1, 0.15) is 6.07 Å². The number of carboxylic acid groups (broad SMARTS) is 1. The zero-order chi connectivity index (χ0) is 8.27. The van der Waals surface area contributed by atoms with Gasteiger partial charge < -0.3 is 5.11 Å². The molecule has 0 unspecified atom stereocenters. The quantitative estimate of drug-likeness (QED) is 0.609. The highest BCUT2D eigenvalue weighted by molar-refractivity contribution is 5.85. The number of carbonyl (C=O) groups is 1. The lowest BCUT2D eigenvalue weighted by atomic mass is 10.3. The van der Waals surface area contributed by atoms with E-state index in [9.17, 15) is 4.79 Å². The molecular formula is C6H3N3O2. The van der Waals surface area contributed by atoms with E-state index < -0.39 is 5.97 Å². The van der Waals surface area contributed by atoms with E-state index in [1.807, 2.05) is 0 Å². The van der Waals surface area contributed by atoms with Gasteiger partial charge in [0.05, 0.1) is 11.8 Å². The van der Waals surface area contributed by atoms with Crippen molar-refractivity contribution in [2.75, 3.05) is 0 Å². The van der Waals surface area contributed by atoms with Gasteiger partial charge in [0.15, 0.2) is 5.69 Å². The van der Waals surface area contributed by atoms with Crippen molar-refractivity contribution in [3.05, 3.63) is 23.5 Å². The average molecular weight is 149 g/mol. The van der Waals surface area contributed by atoms with Gasteiger partial charge in [-0.1, -0.05) is 0 Å². The Bertz CT molecular complexity index is 329. The van der Waals surface area contributed by atoms with Crippen LogP contribution in [0.3, 0.4) is 0 Å². The molecule has 5 heteroatoms. The predicted octanol–water partition coefficient (Wildman–Crippen LogP) is 0.0465. The minimum Gasteiger partial charge on any atom is -0.476 e. The number of rotatable bonds is 1. The summed E-state index contributed by atoms with van der Waals surface area (Å²) in [6.07, 6.45) is 1.20. The first-order valence-corrected chi connectivity index (χ1v) is 2.70. The average Bonchev–Trinajstić information content (AvgIpc) is 2.05. The van der Waals surface area contributed by atoms with Gasteiger partial charge in [0, 0.05) is 0 Å². The molecule has 0 saturated heterocycles. The summed E-state index contributed by atoms with van der Waals surface area (Å²) in [5, 5.41) is 23.3. The zero-order valence-electron chi connectivity index (χ0n) is 5.35. The van der Waals surface area contributed by atoms with Crippen molar-refractivity contribution in [2.24, 2.45) is 0 Å². The highest BCUT2D eigenvalue weighted by Gasteiger charge is 2.04. The van der Waals surface area contributed by atoms with Gasteiger partial charge in [-0.2, -0.15) is 10.4 Å². The van der Waals surface area contributed by atoms with Crippen LogP contribution < -0.4 is 0 Å². The van der Waals surface area contributed by atoms with Gasteiger partial charge in [-0.15, -0.1) is 5.10 Å². The standard InChI is InChI=1S/C6H3N3O2/c7-2-4-1-5(6(10)11)9-8-3-4/h1,3H,(H,10,11). The van der Waals surface area contributed by atoms with Gasteiger partial charge in [-0.3, -0.25) is 0 Å². The monoisotopic (exact) mass is 149 g/mol. The topological polar surface area (TPSA) is 86.9 Å². The molecule has 54 valence electrons. The molecule has 1 aromatic rings. The molecule has 1 rings (SSSR count).